The van der Waals surface area contributed by atoms with Gasteiger partial charge < -0.3 is 14.4 Å². The summed E-state index contributed by atoms with van der Waals surface area (Å²) >= 11 is 0. The van der Waals surface area contributed by atoms with Crippen LogP contribution in [0.1, 0.15) is 5.82 Å². The van der Waals surface area contributed by atoms with Crippen molar-refractivity contribution >= 4 is 32.9 Å². The summed E-state index contributed by atoms with van der Waals surface area (Å²) in [5, 5.41) is 0. The van der Waals surface area contributed by atoms with E-state index in [1.165, 1.54) is 26.5 Å². The van der Waals surface area contributed by atoms with Crippen molar-refractivity contribution in [2.24, 2.45) is 0 Å². The van der Waals surface area contributed by atoms with E-state index in [1.54, 1.807) is 32.5 Å². The standard InChI is InChI=1S/C27H27N7O4S/c1-32(2)39(35,36)34-13-12-28-26(34)18-33(20-14-21(37-3)16-22(15-20)38-4)25-11-10-23-27(31-25)30-24(17-29-23)19-8-6-5-7-9-19/h5-17H,18H2,1-4H3. The normalized spacial score (nSPS) is 11.6. The van der Waals surface area contributed by atoms with Gasteiger partial charge in [-0.3, -0.25) is 4.98 Å². The molecule has 0 aliphatic heterocycles. The second kappa shape index (κ2) is 10.7. The highest BCUT2D eigenvalue weighted by Gasteiger charge is 2.24. The zero-order valence-electron chi connectivity index (χ0n) is 21.9. The number of nitrogens with zero attached hydrogens (tertiary/aromatic N) is 7. The number of benzene rings is 2. The molecule has 0 bridgehead atoms. The van der Waals surface area contributed by atoms with E-state index in [1.807, 2.05) is 53.4 Å². The third kappa shape index (κ3) is 5.24. The predicted octanol–water partition coefficient (Wildman–Crippen LogP) is 3.90. The van der Waals surface area contributed by atoms with Gasteiger partial charge in [-0.25, -0.2) is 18.9 Å². The smallest absolute Gasteiger partial charge is 0.308 e. The lowest BCUT2D eigenvalue weighted by atomic mass is 10.2. The van der Waals surface area contributed by atoms with Crippen LogP contribution in [0.4, 0.5) is 11.5 Å². The maximum atomic E-state index is 13.0. The first kappa shape index (κ1) is 26.1. The van der Waals surface area contributed by atoms with Crippen LogP contribution in [0.2, 0.25) is 0 Å². The molecule has 11 nitrogen and oxygen atoms in total. The third-order valence-corrected chi connectivity index (χ3v) is 7.83. The van der Waals surface area contributed by atoms with Gasteiger partial charge in [0.25, 0.3) is 0 Å². The molecule has 0 amide bonds. The van der Waals surface area contributed by atoms with Gasteiger partial charge in [0.05, 0.1) is 38.3 Å². The molecule has 0 unspecified atom stereocenters. The summed E-state index contributed by atoms with van der Waals surface area (Å²) in [5.74, 6) is 1.92. The average Bonchev–Trinajstić information content (AvgIpc) is 3.44. The second-order valence-electron chi connectivity index (χ2n) is 8.72. The Balaban J connectivity index is 1.65. The fourth-order valence-electron chi connectivity index (χ4n) is 4.00. The number of rotatable bonds is 9. The first-order chi connectivity index (χ1) is 18.8. The number of aromatic nitrogens is 5. The zero-order valence-corrected chi connectivity index (χ0v) is 22.7. The Hall–Kier alpha value is -4.55. The molecule has 0 aliphatic carbocycles. The summed E-state index contributed by atoms with van der Waals surface area (Å²) in [6.45, 7) is 0.0701. The number of methoxy groups -OCH3 is 2. The lowest BCUT2D eigenvalue weighted by Gasteiger charge is -2.25. The zero-order chi connectivity index (χ0) is 27.6. The average molecular weight is 546 g/mol. The Labute approximate surface area is 226 Å². The summed E-state index contributed by atoms with van der Waals surface area (Å²) in [4.78, 5) is 20.3. The summed E-state index contributed by atoms with van der Waals surface area (Å²) in [7, 11) is 2.27. The molecule has 5 aromatic rings. The first-order valence-electron chi connectivity index (χ1n) is 11.9. The first-order valence-corrected chi connectivity index (χ1v) is 13.3. The number of imidazole rings is 1. The molecule has 5 rings (SSSR count). The minimum absolute atomic E-state index is 0.0701. The maximum Gasteiger partial charge on any atom is 0.308 e. The number of hydrogen-bond acceptors (Lipinski definition) is 9. The largest absolute Gasteiger partial charge is 0.497 e. The number of hydrogen-bond donors (Lipinski definition) is 0. The van der Waals surface area contributed by atoms with E-state index in [-0.39, 0.29) is 12.4 Å². The van der Waals surface area contributed by atoms with Gasteiger partial charge in [0.15, 0.2) is 5.65 Å². The maximum absolute atomic E-state index is 13.0. The molecular formula is C27H27N7O4S. The van der Waals surface area contributed by atoms with Crippen molar-refractivity contribution in [2.45, 2.75) is 6.54 Å². The number of ether oxygens (including phenoxy) is 2. The van der Waals surface area contributed by atoms with Crippen molar-refractivity contribution < 1.29 is 17.9 Å². The molecule has 3 aromatic heterocycles. The van der Waals surface area contributed by atoms with Crippen LogP contribution in [0.25, 0.3) is 22.4 Å². The molecule has 0 atom stereocenters. The van der Waals surface area contributed by atoms with E-state index < -0.39 is 10.2 Å². The van der Waals surface area contributed by atoms with Gasteiger partial charge in [-0.15, -0.1) is 0 Å². The van der Waals surface area contributed by atoms with Crippen LogP contribution < -0.4 is 14.4 Å². The van der Waals surface area contributed by atoms with Crippen LogP contribution in [0.15, 0.2) is 79.3 Å². The second-order valence-corrected chi connectivity index (χ2v) is 10.7. The van der Waals surface area contributed by atoms with Crippen LogP contribution >= 0.6 is 0 Å². The number of fused-ring (bicyclic) bond motifs is 1. The van der Waals surface area contributed by atoms with Gasteiger partial charge in [0.1, 0.15) is 28.7 Å². The van der Waals surface area contributed by atoms with Gasteiger partial charge >= 0.3 is 10.2 Å². The monoisotopic (exact) mass is 545 g/mol. The highest BCUT2D eigenvalue weighted by molar-refractivity contribution is 7.87. The molecule has 0 spiro atoms. The molecule has 0 radical (unpaired) electrons. The molecule has 3 heterocycles. The highest BCUT2D eigenvalue weighted by Crippen LogP contribution is 2.34. The van der Waals surface area contributed by atoms with Gasteiger partial charge in [-0.1, -0.05) is 30.3 Å². The minimum Gasteiger partial charge on any atom is -0.497 e. The van der Waals surface area contributed by atoms with E-state index >= 15 is 0 Å². The summed E-state index contributed by atoms with van der Waals surface area (Å²) in [6, 6.07) is 18.7. The molecule has 0 aliphatic rings. The van der Waals surface area contributed by atoms with Crippen LogP contribution in [-0.4, -0.2) is 64.9 Å². The number of anilines is 2. The third-order valence-electron chi connectivity index (χ3n) is 6.08. The fourth-order valence-corrected chi connectivity index (χ4v) is 4.93. The summed E-state index contributed by atoms with van der Waals surface area (Å²) in [6.07, 6.45) is 4.58. The van der Waals surface area contributed by atoms with Crippen LogP contribution in [0, 0.1) is 0 Å². The van der Waals surface area contributed by atoms with E-state index in [4.69, 9.17) is 19.4 Å². The van der Waals surface area contributed by atoms with Crippen molar-refractivity contribution in [1.82, 2.24) is 28.2 Å². The Morgan fingerprint density at radius 1 is 0.897 bits per heavy atom. The Morgan fingerprint density at radius 3 is 2.28 bits per heavy atom. The molecule has 39 heavy (non-hydrogen) atoms. The molecule has 0 saturated heterocycles. The summed E-state index contributed by atoms with van der Waals surface area (Å²) in [5.41, 5.74) is 3.33. The van der Waals surface area contributed by atoms with Gasteiger partial charge in [-0.2, -0.15) is 12.7 Å². The predicted molar refractivity (Wildman–Crippen MR) is 148 cm³/mol. The van der Waals surface area contributed by atoms with Crippen molar-refractivity contribution in [1.29, 1.82) is 0 Å². The van der Waals surface area contributed by atoms with Crippen LogP contribution in [0.5, 0.6) is 11.5 Å². The molecule has 2 aromatic carbocycles. The SMILES string of the molecule is COc1cc(OC)cc(N(Cc2nccn2S(=O)(=O)N(C)C)c2ccc3ncc(-c4ccccc4)nc3n2)c1. The fraction of sp³-hybridized carbons (Fsp3) is 0.185. The van der Waals surface area contributed by atoms with Crippen LogP contribution in [0.3, 0.4) is 0 Å². The van der Waals surface area contributed by atoms with Crippen molar-refractivity contribution in [3.63, 3.8) is 0 Å². The summed E-state index contributed by atoms with van der Waals surface area (Å²) < 4.78 is 39.2. The van der Waals surface area contributed by atoms with Gasteiger partial charge in [-0.05, 0) is 12.1 Å². The lowest BCUT2D eigenvalue weighted by molar-refractivity contribution is 0.394. The van der Waals surface area contributed by atoms with Crippen molar-refractivity contribution in [3.05, 3.63) is 85.1 Å². The Kier molecular flexibility index (Phi) is 7.13. The number of pyridine rings is 1. The van der Waals surface area contributed by atoms with Crippen molar-refractivity contribution in [2.75, 3.05) is 33.2 Å². The Morgan fingerprint density at radius 2 is 1.62 bits per heavy atom. The van der Waals surface area contributed by atoms with Crippen molar-refractivity contribution in [3.8, 4) is 22.8 Å². The highest BCUT2D eigenvalue weighted by atomic mass is 32.2. The minimum atomic E-state index is -3.80. The molecule has 0 N–H and O–H groups in total. The Bertz CT molecular complexity index is 1700. The van der Waals surface area contributed by atoms with Crippen LogP contribution in [-0.2, 0) is 16.8 Å². The molecule has 200 valence electrons. The van der Waals surface area contributed by atoms with Gasteiger partial charge in [0, 0.05) is 50.3 Å². The van der Waals surface area contributed by atoms with E-state index in [2.05, 4.69) is 9.97 Å². The van der Waals surface area contributed by atoms with Gasteiger partial charge in [0.2, 0.25) is 0 Å². The lowest BCUT2D eigenvalue weighted by Crippen LogP contribution is -2.31. The van der Waals surface area contributed by atoms with E-state index in [0.717, 1.165) is 13.8 Å². The van der Waals surface area contributed by atoms with E-state index in [0.29, 0.717) is 39.9 Å². The van der Waals surface area contributed by atoms with E-state index in [9.17, 15) is 8.42 Å². The topological polar surface area (TPSA) is 116 Å². The molecule has 0 saturated carbocycles. The molecular weight excluding hydrogens is 518 g/mol. The quantitative estimate of drug-likeness (QED) is 0.272. The molecule has 0 fully saturated rings. The molecule has 12 heteroatoms.